The molecule has 3 rings (SSSR count). The molecule has 2 unspecified atom stereocenters. The van der Waals surface area contributed by atoms with Crippen LogP contribution in [0.3, 0.4) is 0 Å². The van der Waals surface area contributed by atoms with Crippen molar-refractivity contribution in [2.45, 2.75) is 52.0 Å². The van der Waals surface area contributed by atoms with E-state index in [0.717, 1.165) is 22.5 Å². The maximum atomic E-state index is 11.9. The van der Waals surface area contributed by atoms with Crippen molar-refractivity contribution in [1.29, 1.82) is 0 Å². The minimum atomic E-state index is -0.285. The van der Waals surface area contributed by atoms with Crippen molar-refractivity contribution < 1.29 is 9.53 Å². The van der Waals surface area contributed by atoms with Crippen molar-refractivity contribution in [1.82, 2.24) is 4.98 Å². The monoisotopic (exact) mass is 294 g/mol. The average Bonchev–Trinajstić information content (AvgIpc) is 3.04. The molecule has 0 N–H and O–H groups in total. The summed E-state index contributed by atoms with van der Waals surface area (Å²) in [7, 11) is 0. The molecule has 4 nitrogen and oxygen atoms in total. The quantitative estimate of drug-likeness (QED) is 0.801. The summed E-state index contributed by atoms with van der Waals surface area (Å²) in [5.41, 5.74) is 0.506. The lowest BCUT2D eigenvalue weighted by molar-refractivity contribution is 0.0519. The first-order valence-electron chi connectivity index (χ1n) is 7.62. The first-order chi connectivity index (χ1) is 9.70. The Labute approximate surface area is 124 Å². The molecule has 2 heterocycles. The van der Waals surface area contributed by atoms with Crippen LogP contribution in [0.15, 0.2) is 0 Å². The Bertz CT molecular complexity index is 500. The normalized spacial score (nSPS) is 25.6. The average molecular weight is 294 g/mol. The molecule has 1 aromatic heterocycles. The van der Waals surface area contributed by atoms with E-state index in [1.54, 1.807) is 11.3 Å². The predicted molar refractivity (Wildman–Crippen MR) is 80.5 cm³/mol. The molecule has 2 aliphatic rings. The van der Waals surface area contributed by atoms with Crippen LogP contribution in [-0.4, -0.2) is 30.1 Å². The molecule has 1 aliphatic heterocycles. The van der Waals surface area contributed by atoms with E-state index in [2.05, 4.69) is 9.88 Å². The largest absolute Gasteiger partial charge is 0.461 e. The van der Waals surface area contributed by atoms with Crippen LogP contribution in [0.4, 0.5) is 5.13 Å². The van der Waals surface area contributed by atoms with Crippen LogP contribution in [0.1, 0.15) is 54.4 Å². The Balaban J connectivity index is 1.83. The SMILES string of the molecule is CCOC(=O)c1nc(N2CCCC3CCCC32)sc1C. The van der Waals surface area contributed by atoms with Crippen LogP contribution in [-0.2, 0) is 4.74 Å². The lowest BCUT2D eigenvalue weighted by Gasteiger charge is -2.37. The third-order valence-electron chi connectivity index (χ3n) is 4.49. The van der Waals surface area contributed by atoms with Gasteiger partial charge in [0.25, 0.3) is 0 Å². The number of aromatic nitrogens is 1. The molecular formula is C15H22N2O2S. The molecule has 1 aliphatic carbocycles. The topological polar surface area (TPSA) is 42.4 Å². The number of hydrogen-bond donors (Lipinski definition) is 0. The zero-order valence-corrected chi connectivity index (χ0v) is 13.0. The van der Waals surface area contributed by atoms with E-state index >= 15 is 0 Å². The fraction of sp³-hybridized carbons (Fsp3) is 0.733. The van der Waals surface area contributed by atoms with Crippen molar-refractivity contribution >= 4 is 22.4 Å². The Hall–Kier alpha value is -1.10. The van der Waals surface area contributed by atoms with E-state index in [-0.39, 0.29) is 5.97 Å². The van der Waals surface area contributed by atoms with E-state index in [1.165, 1.54) is 32.1 Å². The smallest absolute Gasteiger partial charge is 0.358 e. The number of hydrogen-bond acceptors (Lipinski definition) is 5. The molecule has 2 fully saturated rings. The number of esters is 1. The molecule has 0 aromatic carbocycles. The summed E-state index contributed by atoms with van der Waals surface area (Å²) < 4.78 is 5.08. The number of anilines is 1. The molecule has 1 saturated carbocycles. The van der Waals surface area contributed by atoms with Crippen LogP contribution < -0.4 is 4.90 Å². The summed E-state index contributed by atoms with van der Waals surface area (Å²) in [6, 6.07) is 0.643. The standard InChI is InChI=1S/C15H22N2O2S/c1-3-19-14(18)13-10(2)20-15(16-13)17-9-5-7-11-6-4-8-12(11)17/h11-12H,3-9H2,1-2H3. The fourth-order valence-corrected chi connectivity index (χ4v) is 4.57. The zero-order chi connectivity index (χ0) is 14.1. The van der Waals surface area contributed by atoms with Gasteiger partial charge in [-0.1, -0.05) is 6.42 Å². The number of carbonyl (C=O) groups is 1. The highest BCUT2D eigenvalue weighted by Gasteiger charge is 2.36. The summed E-state index contributed by atoms with van der Waals surface area (Å²) in [6.07, 6.45) is 6.57. The predicted octanol–water partition coefficient (Wildman–Crippen LogP) is 3.40. The molecule has 0 amide bonds. The molecular weight excluding hydrogens is 272 g/mol. The van der Waals surface area contributed by atoms with Crippen LogP contribution in [0.5, 0.6) is 0 Å². The summed E-state index contributed by atoms with van der Waals surface area (Å²) in [5, 5.41) is 1.02. The molecule has 0 spiro atoms. The molecule has 0 radical (unpaired) electrons. The van der Waals surface area contributed by atoms with Gasteiger partial charge in [-0.05, 0) is 45.4 Å². The lowest BCUT2D eigenvalue weighted by atomic mass is 9.92. The van der Waals surface area contributed by atoms with Gasteiger partial charge in [0.2, 0.25) is 0 Å². The summed E-state index contributed by atoms with van der Waals surface area (Å²) >= 11 is 1.64. The van der Waals surface area contributed by atoms with Gasteiger partial charge >= 0.3 is 5.97 Å². The van der Waals surface area contributed by atoms with Crippen LogP contribution >= 0.6 is 11.3 Å². The highest BCUT2D eigenvalue weighted by molar-refractivity contribution is 7.15. The maximum Gasteiger partial charge on any atom is 0.358 e. The third-order valence-corrected chi connectivity index (χ3v) is 5.50. The number of thiazole rings is 1. The van der Waals surface area contributed by atoms with Gasteiger partial charge in [-0.3, -0.25) is 0 Å². The highest BCUT2D eigenvalue weighted by Crippen LogP contribution is 2.40. The van der Waals surface area contributed by atoms with Gasteiger partial charge in [-0.15, -0.1) is 11.3 Å². The number of aryl methyl sites for hydroxylation is 1. The van der Waals surface area contributed by atoms with Gasteiger partial charge in [-0.25, -0.2) is 9.78 Å². The number of piperidine rings is 1. The number of carbonyl (C=O) groups excluding carboxylic acids is 1. The van der Waals surface area contributed by atoms with E-state index in [9.17, 15) is 4.79 Å². The highest BCUT2D eigenvalue weighted by atomic mass is 32.1. The van der Waals surface area contributed by atoms with E-state index in [1.807, 2.05) is 13.8 Å². The summed E-state index contributed by atoms with van der Waals surface area (Å²) in [5.74, 6) is 0.548. The number of rotatable bonds is 3. The molecule has 2 atom stereocenters. The molecule has 1 saturated heterocycles. The van der Waals surface area contributed by atoms with Gasteiger partial charge in [0.05, 0.1) is 6.61 Å². The van der Waals surface area contributed by atoms with Crippen LogP contribution in [0.25, 0.3) is 0 Å². The van der Waals surface area contributed by atoms with Gasteiger partial charge in [-0.2, -0.15) is 0 Å². The summed E-state index contributed by atoms with van der Waals surface area (Å²) in [4.78, 5) is 19.9. The van der Waals surface area contributed by atoms with Crippen LogP contribution in [0.2, 0.25) is 0 Å². The molecule has 110 valence electrons. The van der Waals surface area contributed by atoms with Gasteiger partial charge in [0, 0.05) is 17.5 Å². The van der Waals surface area contributed by atoms with Crippen molar-refractivity contribution in [2.75, 3.05) is 18.1 Å². The van der Waals surface area contributed by atoms with Crippen molar-refractivity contribution in [3.05, 3.63) is 10.6 Å². The Kier molecular flexibility index (Phi) is 3.96. The van der Waals surface area contributed by atoms with Crippen molar-refractivity contribution in [3.63, 3.8) is 0 Å². The Morgan fingerprint density at radius 2 is 2.20 bits per heavy atom. The number of nitrogens with zero attached hydrogens (tertiary/aromatic N) is 2. The van der Waals surface area contributed by atoms with Gasteiger partial charge in [0.1, 0.15) is 0 Å². The Morgan fingerprint density at radius 1 is 1.40 bits per heavy atom. The van der Waals surface area contributed by atoms with E-state index < -0.39 is 0 Å². The first kappa shape index (κ1) is 13.9. The van der Waals surface area contributed by atoms with Crippen molar-refractivity contribution in [2.24, 2.45) is 5.92 Å². The molecule has 5 heteroatoms. The second-order valence-electron chi connectivity index (χ2n) is 5.72. The number of fused-ring (bicyclic) bond motifs is 1. The fourth-order valence-electron chi connectivity index (χ4n) is 3.59. The molecule has 0 bridgehead atoms. The van der Waals surface area contributed by atoms with E-state index in [0.29, 0.717) is 18.3 Å². The number of ether oxygens (including phenoxy) is 1. The minimum Gasteiger partial charge on any atom is -0.461 e. The second kappa shape index (κ2) is 5.72. The van der Waals surface area contributed by atoms with Crippen molar-refractivity contribution in [3.8, 4) is 0 Å². The Morgan fingerprint density at radius 3 is 3.00 bits per heavy atom. The third kappa shape index (κ3) is 2.43. The lowest BCUT2D eigenvalue weighted by Crippen LogP contribution is -2.42. The minimum absolute atomic E-state index is 0.285. The zero-order valence-electron chi connectivity index (χ0n) is 12.2. The first-order valence-corrected chi connectivity index (χ1v) is 8.43. The summed E-state index contributed by atoms with van der Waals surface area (Å²) in [6.45, 7) is 5.27. The van der Waals surface area contributed by atoms with Crippen LogP contribution in [0, 0.1) is 12.8 Å². The van der Waals surface area contributed by atoms with Gasteiger partial charge in [0.15, 0.2) is 10.8 Å². The second-order valence-corrected chi connectivity index (χ2v) is 6.90. The molecule has 20 heavy (non-hydrogen) atoms. The van der Waals surface area contributed by atoms with Gasteiger partial charge < -0.3 is 9.64 Å². The molecule has 1 aromatic rings. The van der Waals surface area contributed by atoms with E-state index in [4.69, 9.17) is 4.74 Å². The maximum absolute atomic E-state index is 11.9.